The van der Waals surface area contributed by atoms with Crippen molar-refractivity contribution in [1.29, 1.82) is 0 Å². The molecule has 1 aromatic heterocycles. The summed E-state index contributed by atoms with van der Waals surface area (Å²) in [6, 6.07) is 22.7. The molecule has 3 N–H and O–H groups in total. The first-order valence-corrected chi connectivity index (χ1v) is 11.1. The highest BCUT2D eigenvalue weighted by atomic mass is 16.2. The van der Waals surface area contributed by atoms with Gasteiger partial charge in [0, 0.05) is 25.5 Å². The van der Waals surface area contributed by atoms with Crippen molar-refractivity contribution in [3.63, 3.8) is 0 Å². The van der Waals surface area contributed by atoms with E-state index < -0.39 is 5.54 Å². The van der Waals surface area contributed by atoms with Crippen LogP contribution < -0.4 is 11.1 Å². The third kappa shape index (κ3) is 4.77. The molecule has 0 aliphatic carbocycles. The second-order valence-corrected chi connectivity index (χ2v) is 7.96. The van der Waals surface area contributed by atoms with E-state index in [2.05, 4.69) is 10.3 Å². The monoisotopic (exact) mass is 441 g/mol. The van der Waals surface area contributed by atoms with Gasteiger partial charge in [-0.3, -0.25) is 19.5 Å². The van der Waals surface area contributed by atoms with E-state index in [-0.39, 0.29) is 17.8 Å². The van der Waals surface area contributed by atoms with Crippen LogP contribution in [0.3, 0.4) is 0 Å². The van der Waals surface area contributed by atoms with Crippen molar-refractivity contribution in [3.05, 3.63) is 102 Å². The molecule has 2 heterocycles. The van der Waals surface area contributed by atoms with Crippen molar-refractivity contribution in [2.45, 2.75) is 24.8 Å². The highest BCUT2D eigenvalue weighted by Gasteiger charge is 2.50. The van der Waals surface area contributed by atoms with Crippen molar-refractivity contribution in [2.75, 3.05) is 13.1 Å². The maximum absolute atomic E-state index is 13.7. The molecule has 2 aromatic carbocycles. The third-order valence-electron chi connectivity index (χ3n) is 5.71. The lowest BCUT2D eigenvalue weighted by molar-refractivity contribution is -0.130. The number of carbonyl (C=O) groups excluding carboxylic acids is 2. The fraction of sp³-hybridized carbons (Fsp3) is 0.231. The van der Waals surface area contributed by atoms with Crippen LogP contribution in [0.25, 0.3) is 0 Å². The molecule has 3 aromatic rings. The Morgan fingerprint density at radius 2 is 1.61 bits per heavy atom. The van der Waals surface area contributed by atoms with Gasteiger partial charge in [0.25, 0.3) is 5.91 Å². The minimum absolute atomic E-state index is 0.0477. The summed E-state index contributed by atoms with van der Waals surface area (Å²) in [6.07, 6.45) is 5.08. The maximum Gasteiger partial charge on any atom is 0.266 e. The lowest BCUT2D eigenvalue weighted by Crippen LogP contribution is -2.44. The molecule has 0 spiro atoms. The molecule has 1 aliphatic rings. The molecule has 0 unspecified atom stereocenters. The molecule has 7 heteroatoms. The summed E-state index contributed by atoms with van der Waals surface area (Å²) < 4.78 is 0. The highest BCUT2D eigenvalue weighted by molar-refractivity contribution is 6.09. The molecule has 0 fully saturated rings. The second kappa shape index (κ2) is 10.1. The Morgan fingerprint density at radius 1 is 0.939 bits per heavy atom. The van der Waals surface area contributed by atoms with Crippen molar-refractivity contribution >= 4 is 17.8 Å². The number of guanidine groups is 1. The average Bonchev–Trinajstić information content (AvgIpc) is 3.11. The van der Waals surface area contributed by atoms with Gasteiger partial charge in [-0.1, -0.05) is 66.7 Å². The SMILES string of the molecule is NC1=NC(c2ccccc2)(c2ccccc2)C(=O)N1CCCCNC(=O)Cc1cccnc1. The number of hydrogen-bond acceptors (Lipinski definition) is 5. The molecule has 0 radical (unpaired) electrons. The number of rotatable bonds is 9. The van der Waals surface area contributed by atoms with E-state index in [9.17, 15) is 9.59 Å². The van der Waals surface area contributed by atoms with E-state index in [0.29, 0.717) is 25.9 Å². The predicted octanol–water partition coefficient (Wildman–Crippen LogP) is 2.62. The topological polar surface area (TPSA) is 101 Å². The first-order valence-electron chi connectivity index (χ1n) is 11.1. The largest absolute Gasteiger partial charge is 0.369 e. The van der Waals surface area contributed by atoms with Gasteiger partial charge in [0.1, 0.15) is 0 Å². The summed E-state index contributed by atoms with van der Waals surface area (Å²) in [5.41, 5.74) is 7.52. The van der Waals surface area contributed by atoms with Crippen LogP contribution in [0.5, 0.6) is 0 Å². The van der Waals surface area contributed by atoms with Crippen molar-refractivity contribution < 1.29 is 9.59 Å². The Hall–Kier alpha value is -4.00. The van der Waals surface area contributed by atoms with E-state index in [0.717, 1.165) is 23.1 Å². The number of benzene rings is 2. The van der Waals surface area contributed by atoms with E-state index in [1.165, 1.54) is 0 Å². The Morgan fingerprint density at radius 3 is 2.21 bits per heavy atom. The van der Waals surface area contributed by atoms with Gasteiger partial charge in [-0.15, -0.1) is 0 Å². The van der Waals surface area contributed by atoms with Crippen LogP contribution in [0.2, 0.25) is 0 Å². The number of aromatic nitrogens is 1. The van der Waals surface area contributed by atoms with Gasteiger partial charge in [0.15, 0.2) is 11.5 Å². The number of amides is 2. The van der Waals surface area contributed by atoms with Crippen LogP contribution in [0.4, 0.5) is 0 Å². The van der Waals surface area contributed by atoms with Crippen LogP contribution in [-0.4, -0.2) is 40.7 Å². The molecule has 2 amide bonds. The van der Waals surface area contributed by atoms with Crippen molar-refractivity contribution in [1.82, 2.24) is 15.2 Å². The number of nitrogens with two attached hydrogens (primary N) is 1. The van der Waals surface area contributed by atoms with Gasteiger partial charge in [0.2, 0.25) is 5.91 Å². The molecule has 168 valence electrons. The Balaban J connectivity index is 1.37. The number of nitrogens with zero attached hydrogens (tertiary/aromatic N) is 3. The van der Waals surface area contributed by atoms with E-state index in [1.807, 2.05) is 72.8 Å². The van der Waals surface area contributed by atoms with Crippen LogP contribution in [0.15, 0.2) is 90.2 Å². The summed E-state index contributed by atoms with van der Waals surface area (Å²) in [5.74, 6) is 0.0137. The molecule has 1 aliphatic heterocycles. The molecule has 0 atom stereocenters. The van der Waals surface area contributed by atoms with Gasteiger partial charge in [-0.2, -0.15) is 0 Å². The zero-order valence-electron chi connectivity index (χ0n) is 18.4. The van der Waals surface area contributed by atoms with Crippen LogP contribution in [0.1, 0.15) is 29.5 Å². The Kier molecular flexibility index (Phi) is 6.78. The molecule has 4 rings (SSSR count). The summed E-state index contributed by atoms with van der Waals surface area (Å²) in [4.78, 5) is 36.0. The minimum atomic E-state index is -1.18. The highest BCUT2D eigenvalue weighted by Crippen LogP contribution is 2.39. The van der Waals surface area contributed by atoms with E-state index in [4.69, 9.17) is 10.7 Å². The predicted molar refractivity (Wildman–Crippen MR) is 127 cm³/mol. The van der Waals surface area contributed by atoms with Gasteiger partial charge in [-0.25, -0.2) is 4.99 Å². The fourth-order valence-corrected chi connectivity index (χ4v) is 4.07. The molecular weight excluding hydrogens is 414 g/mol. The summed E-state index contributed by atoms with van der Waals surface area (Å²) in [7, 11) is 0. The summed E-state index contributed by atoms with van der Waals surface area (Å²) in [6.45, 7) is 0.967. The number of carbonyl (C=O) groups is 2. The van der Waals surface area contributed by atoms with Gasteiger partial charge >= 0.3 is 0 Å². The average molecular weight is 442 g/mol. The standard InChI is InChI=1S/C26H27N5O2/c27-25-30-26(21-11-3-1-4-12-21,22-13-5-2-6-14-22)24(33)31(25)17-8-7-16-29-23(32)18-20-10-9-15-28-19-20/h1-6,9-15,19H,7-8,16-18H2,(H2,27,30)(H,29,32). The van der Waals surface area contributed by atoms with Crippen molar-refractivity contribution in [2.24, 2.45) is 10.7 Å². The lowest BCUT2D eigenvalue weighted by Gasteiger charge is -2.27. The normalized spacial score (nSPS) is 14.7. The van der Waals surface area contributed by atoms with Gasteiger partial charge in [0.05, 0.1) is 6.42 Å². The molecule has 0 bridgehead atoms. The van der Waals surface area contributed by atoms with E-state index in [1.54, 1.807) is 17.3 Å². The molecule has 0 saturated carbocycles. The fourth-order valence-electron chi connectivity index (χ4n) is 4.07. The quantitative estimate of drug-likeness (QED) is 0.499. The first-order chi connectivity index (χ1) is 16.1. The number of hydrogen-bond donors (Lipinski definition) is 2. The third-order valence-corrected chi connectivity index (χ3v) is 5.71. The number of pyridine rings is 1. The Bertz CT molecular complexity index is 1080. The van der Waals surface area contributed by atoms with Crippen LogP contribution in [0, 0.1) is 0 Å². The maximum atomic E-state index is 13.7. The molecule has 7 nitrogen and oxygen atoms in total. The van der Waals surface area contributed by atoms with Gasteiger partial charge < -0.3 is 11.1 Å². The molecular formula is C26H27N5O2. The zero-order chi connectivity index (χ0) is 23.1. The zero-order valence-corrected chi connectivity index (χ0v) is 18.4. The van der Waals surface area contributed by atoms with Crippen LogP contribution >= 0.6 is 0 Å². The first kappa shape index (κ1) is 22.2. The Labute approximate surface area is 193 Å². The lowest BCUT2D eigenvalue weighted by atomic mass is 9.83. The molecule has 0 saturated heterocycles. The molecule has 33 heavy (non-hydrogen) atoms. The second-order valence-electron chi connectivity index (χ2n) is 7.96. The van der Waals surface area contributed by atoms with Crippen LogP contribution in [-0.2, 0) is 21.5 Å². The number of aliphatic imine (C=N–C) groups is 1. The van der Waals surface area contributed by atoms with Gasteiger partial charge in [-0.05, 0) is 35.6 Å². The summed E-state index contributed by atoms with van der Waals surface area (Å²) >= 11 is 0. The smallest absolute Gasteiger partial charge is 0.266 e. The minimum Gasteiger partial charge on any atom is -0.369 e. The van der Waals surface area contributed by atoms with E-state index >= 15 is 0 Å². The summed E-state index contributed by atoms with van der Waals surface area (Å²) in [5, 5.41) is 2.92. The number of nitrogens with one attached hydrogen (secondary N) is 1. The number of unbranched alkanes of at least 4 members (excludes halogenated alkanes) is 1. The van der Waals surface area contributed by atoms with Crippen molar-refractivity contribution in [3.8, 4) is 0 Å².